The minimum atomic E-state index is -0.511. The van der Waals surface area contributed by atoms with E-state index in [9.17, 15) is 14.0 Å². The van der Waals surface area contributed by atoms with Crippen LogP contribution >= 0.6 is 11.6 Å². The third kappa shape index (κ3) is 5.80. The third-order valence-electron chi connectivity index (χ3n) is 4.04. The summed E-state index contributed by atoms with van der Waals surface area (Å²) in [5, 5.41) is 5.81. The molecule has 2 amide bonds. The molecule has 5 nitrogen and oxygen atoms in total. The van der Waals surface area contributed by atoms with Gasteiger partial charge < -0.3 is 15.4 Å². The van der Waals surface area contributed by atoms with Crippen LogP contribution in [-0.2, 0) is 11.3 Å². The van der Waals surface area contributed by atoms with Crippen molar-refractivity contribution >= 4 is 29.1 Å². The third-order valence-corrected chi connectivity index (χ3v) is 4.41. The zero-order chi connectivity index (χ0) is 20.6. The fourth-order valence-corrected chi connectivity index (χ4v) is 2.70. The molecule has 3 aromatic carbocycles. The van der Waals surface area contributed by atoms with Gasteiger partial charge in [0.25, 0.3) is 11.8 Å². The van der Waals surface area contributed by atoms with E-state index < -0.39 is 11.7 Å². The molecule has 0 bridgehead atoms. The van der Waals surface area contributed by atoms with Crippen LogP contribution < -0.4 is 15.4 Å². The molecule has 2 N–H and O–H groups in total. The van der Waals surface area contributed by atoms with Gasteiger partial charge in [-0.15, -0.1) is 0 Å². The van der Waals surface area contributed by atoms with E-state index in [0.717, 1.165) is 5.56 Å². The van der Waals surface area contributed by atoms with Gasteiger partial charge >= 0.3 is 0 Å². The van der Waals surface area contributed by atoms with Gasteiger partial charge in [-0.3, -0.25) is 9.59 Å². The van der Waals surface area contributed by atoms with Crippen LogP contribution in [0.25, 0.3) is 0 Å². The van der Waals surface area contributed by atoms with Gasteiger partial charge in [-0.25, -0.2) is 4.39 Å². The lowest BCUT2D eigenvalue weighted by molar-refractivity contribution is -0.123. The zero-order valence-electron chi connectivity index (χ0n) is 15.3. The maximum absolute atomic E-state index is 13.6. The Morgan fingerprint density at radius 3 is 2.34 bits per heavy atom. The van der Waals surface area contributed by atoms with E-state index in [2.05, 4.69) is 10.6 Å². The second kappa shape index (κ2) is 9.71. The normalized spacial score (nSPS) is 10.3. The summed E-state index contributed by atoms with van der Waals surface area (Å²) in [5.74, 6) is -0.825. The Morgan fingerprint density at radius 2 is 1.62 bits per heavy atom. The summed E-state index contributed by atoms with van der Waals surface area (Å²) in [6, 6.07) is 19.4. The first kappa shape index (κ1) is 20.4. The van der Waals surface area contributed by atoms with Gasteiger partial charge in [0.2, 0.25) is 0 Å². The Morgan fingerprint density at radius 1 is 0.931 bits per heavy atom. The van der Waals surface area contributed by atoms with Gasteiger partial charge in [0.05, 0.1) is 5.69 Å². The van der Waals surface area contributed by atoms with Crippen molar-refractivity contribution in [3.05, 3.63) is 94.8 Å². The highest BCUT2D eigenvalue weighted by atomic mass is 35.5. The monoisotopic (exact) mass is 412 g/mol. The van der Waals surface area contributed by atoms with Gasteiger partial charge in [-0.1, -0.05) is 41.9 Å². The van der Waals surface area contributed by atoms with Crippen molar-refractivity contribution in [2.75, 3.05) is 11.9 Å². The van der Waals surface area contributed by atoms with Gasteiger partial charge in [0, 0.05) is 17.1 Å². The van der Waals surface area contributed by atoms with Crippen LogP contribution in [0, 0.1) is 5.82 Å². The predicted molar refractivity (Wildman–Crippen MR) is 110 cm³/mol. The number of benzene rings is 3. The Labute approximate surface area is 172 Å². The van der Waals surface area contributed by atoms with E-state index in [4.69, 9.17) is 16.3 Å². The van der Waals surface area contributed by atoms with E-state index in [-0.39, 0.29) is 18.2 Å². The van der Waals surface area contributed by atoms with Crippen molar-refractivity contribution in [2.45, 2.75) is 6.54 Å². The molecule has 0 aliphatic carbocycles. The molecule has 0 fully saturated rings. The van der Waals surface area contributed by atoms with Crippen molar-refractivity contribution < 1.29 is 18.7 Å². The zero-order valence-corrected chi connectivity index (χ0v) is 16.1. The summed E-state index contributed by atoms with van der Waals surface area (Å²) in [7, 11) is 0. The van der Waals surface area contributed by atoms with Crippen LogP contribution in [0.5, 0.6) is 5.75 Å². The molecule has 0 saturated heterocycles. The fourth-order valence-electron chi connectivity index (χ4n) is 2.50. The van der Waals surface area contributed by atoms with E-state index in [1.165, 1.54) is 24.3 Å². The average molecular weight is 413 g/mol. The molecule has 0 saturated carbocycles. The highest BCUT2D eigenvalue weighted by Gasteiger charge is 2.10. The lowest BCUT2D eigenvalue weighted by Crippen LogP contribution is -2.28. The van der Waals surface area contributed by atoms with Gasteiger partial charge in [0.1, 0.15) is 11.6 Å². The predicted octanol–water partition coefficient (Wildman–Crippen LogP) is 4.43. The molecular weight excluding hydrogens is 395 g/mol. The fraction of sp³-hybridized carbons (Fsp3) is 0.0909. The second-order valence-corrected chi connectivity index (χ2v) is 6.52. The number of carbonyl (C=O) groups is 2. The largest absolute Gasteiger partial charge is 0.484 e. The number of nitrogens with one attached hydrogen (secondary N) is 2. The summed E-state index contributed by atoms with van der Waals surface area (Å²) in [4.78, 5) is 24.1. The molecule has 0 radical (unpaired) electrons. The Balaban J connectivity index is 1.49. The summed E-state index contributed by atoms with van der Waals surface area (Å²) in [5.41, 5.74) is 1.25. The topological polar surface area (TPSA) is 67.4 Å². The Kier molecular flexibility index (Phi) is 6.81. The molecule has 3 rings (SSSR count). The SMILES string of the molecule is O=C(COc1ccc(C(=O)Nc2ccccc2F)cc1)NCc1ccccc1Cl. The van der Waals surface area contributed by atoms with Crippen molar-refractivity contribution in [2.24, 2.45) is 0 Å². The molecule has 0 aliphatic rings. The average Bonchev–Trinajstić information content (AvgIpc) is 2.73. The Bertz CT molecular complexity index is 1010. The minimum Gasteiger partial charge on any atom is -0.484 e. The van der Waals surface area contributed by atoms with Crippen LogP contribution in [0.4, 0.5) is 10.1 Å². The molecule has 0 unspecified atom stereocenters. The summed E-state index contributed by atoms with van der Waals surface area (Å²) >= 11 is 6.04. The summed E-state index contributed by atoms with van der Waals surface area (Å²) < 4.78 is 19.0. The summed E-state index contributed by atoms with van der Waals surface area (Å²) in [6.07, 6.45) is 0. The van der Waals surface area contributed by atoms with Gasteiger partial charge in [-0.05, 0) is 48.0 Å². The second-order valence-electron chi connectivity index (χ2n) is 6.12. The van der Waals surface area contributed by atoms with Crippen LogP contribution in [-0.4, -0.2) is 18.4 Å². The molecule has 0 heterocycles. The number of para-hydroxylation sites is 1. The first-order valence-corrected chi connectivity index (χ1v) is 9.19. The standard InChI is InChI=1S/C22H18ClFN2O3/c23-18-6-2-1-5-16(18)13-25-21(27)14-29-17-11-9-15(10-12-17)22(28)26-20-8-4-3-7-19(20)24/h1-12H,13-14H2,(H,25,27)(H,26,28). The van der Waals surface area contributed by atoms with Gasteiger partial charge in [-0.2, -0.15) is 0 Å². The number of anilines is 1. The molecule has 3 aromatic rings. The molecule has 0 aromatic heterocycles. The number of carbonyl (C=O) groups excluding carboxylic acids is 2. The van der Waals surface area contributed by atoms with E-state index in [1.54, 1.807) is 30.3 Å². The van der Waals surface area contributed by atoms with Crippen molar-refractivity contribution in [3.63, 3.8) is 0 Å². The van der Waals surface area contributed by atoms with Crippen LogP contribution in [0.15, 0.2) is 72.8 Å². The number of ether oxygens (including phenoxy) is 1. The highest BCUT2D eigenvalue weighted by molar-refractivity contribution is 6.31. The molecule has 7 heteroatoms. The van der Waals surface area contributed by atoms with E-state index in [0.29, 0.717) is 22.9 Å². The lowest BCUT2D eigenvalue weighted by atomic mass is 10.2. The number of rotatable bonds is 7. The molecule has 0 spiro atoms. The van der Waals surface area contributed by atoms with Crippen LogP contribution in [0.1, 0.15) is 15.9 Å². The number of amides is 2. The number of hydrogen-bond donors (Lipinski definition) is 2. The quantitative estimate of drug-likeness (QED) is 0.603. The first-order valence-electron chi connectivity index (χ1n) is 8.82. The molecule has 148 valence electrons. The van der Waals surface area contributed by atoms with E-state index in [1.807, 2.05) is 18.2 Å². The molecule has 0 aliphatic heterocycles. The van der Waals surface area contributed by atoms with Crippen molar-refractivity contribution in [1.29, 1.82) is 0 Å². The van der Waals surface area contributed by atoms with Gasteiger partial charge in [0.15, 0.2) is 6.61 Å². The van der Waals surface area contributed by atoms with Crippen LogP contribution in [0.2, 0.25) is 5.02 Å². The van der Waals surface area contributed by atoms with Crippen LogP contribution in [0.3, 0.4) is 0 Å². The first-order chi connectivity index (χ1) is 14.0. The maximum Gasteiger partial charge on any atom is 0.258 e. The summed E-state index contributed by atoms with van der Waals surface area (Å²) in [6.45, 7) is 0.127. The Hall–Kier alpha value is -3.38. The van der Waals surface area contributed by atoms with Crippen molar-refractivity contribution in [3.8, 4) is 5.75 Å². The molecule has 29 heavy (non-hydrogen) atoms. The number of hydrogen-bond acceptors (Lipinski definition) is 3. The molecule has 0 atom stereocenters. The number of halogens is 2. The maximum atomic E-state index is 13.6. The molecular formula is C22H18ClFN2O3. The van der Waals surface area contributed by atoms with Crippen molar-refractivity contribution in [1.82, 2.24) is 5.32 Å². The smallest absolute Gasteiger partial charge is 0.258 e. The minimum absolute atomic E-state index is 0.105. The highest BCUT2D eigenvalue weighted by Crippen LogP contribution is 2.17. The van der Waals surface area contributed by atoms with E-state index >= 15 is 0 Å². The lowest BCUT2D eigenvalue weighted by Gasteiger charge is -2.09.